The molecule has 5 nitrogen and oxygen atoms in total. The van der Waals surface area contributed by atoms with Crippen molar-refractivity contribution in [2.75, 3.05) is 0 Å². The van der Waals surface area contributed by atoms with Crippen LogP contribution in [0.4, 0.5) is 0 Å². The molecular weight excluding hydrogens is 314 g/mol. The van der Waals surface area contributed by atoms with Crippen molar-refractivity contribution in [2.24, 2.45) is 11.7 Å². The van der Waals surface area contributed by atoms with Crippen LogP contribution in [-0.4, -0.2) is 29.9 Å². The Bertz CT molecular complexity index is 531. The summed E-state index contributed by atoms with van der Waals surface area (Å²) in [6.45, 7) is 7.96. The quantitative estimate of drug-likeness (QED) is 0.607. The molecule has 0 fully saturated rings. The van der Waals surface area contributed by atoms with Gasteiger partial charge in [0.2, 0.25) is 11.8 Å². The van der Waals surface area contributed by atoms with Crippen LogP contribution in [0.2, 0.25) is 0 Å². The van der Waals surface area contributed by atoms with Gasteiger partial charge in [0.15, 0.2) is 0 Å². The van der Waals surface area contributed by atoms with E-state index in [1.807, 2.05) is 51.1 Å². The largest absolute Gasteiger partial charge is 0.352 e. The Morgan fingerprint density at radius 2 is 1.68 bits per heavy atom. The molecule has 0 radical (unpaired) electrons. The number of nitrogens with two attached hydrogens (primary N) is 1. The predicted molar refractivity (Wildman–Crippen MR) is 102 cm³/mol. The molecule has 4 N–H and O–H groups in total. The fourth-order valence-corrected chi connectivity index (χ4v) is 2.67. The van der Waals surface area contributed by atoms with E-state index in [0.717, 1.165) is 24.8 Å². The van der Waals surface area contributed by atoms with Crippen molar-refractivity contribution in [3.63, 3.8) is 0 Å². The summed E-state index contributed by atoms with van der Waals surface area (Å²) in [5.74, 6) is -0.441. The summed E-state index contributed by atoms with van der Waals surface area (Å²) in [6.07, 6.45) is 3.56. The molecule has 0 aliphatic heterocycles. The molecule has 0 aliphatic carbocycles. The van der Waals surface area contributed by atoms with Crippen LogP contribution in [0, 0.1) is 5.92 Å². The number of hydrogen-bond acceptors (Lipinski definition) is 3. The molecule has 0 unspecified atom stereocenters. The highest BCUT2D eigenvalue weighted by molar-refractivity contribution is 5.90. The van der Waals surface area contributed by atoms with Crippen molar-refractivity contribution < 1.29 is 9.59 Å². The third kappa shape index (κ3) is 7.69. The zero-order valence-corrected chi connectivity index (χ0v) is 15.9. The molecule has 1 aromatic rings. The molecular formula is C20H33N3O2. The monoisotopic (exact) mass is 347 g/mol. The summed E-state index contributed by atoms with van der Waals surface area (Å²) in [5.41, 5.74) is 7.02. The highest BCUT2D eigenvalue weighted by atomic mass is 16.2. The molecule has 1 rings (SSSR count). The molecule has 0 saturated heterocycles. The number of amides is 2. The number of hydrogen-bond donors (Lipinski definition) is 3. The third-order valence-corrected chi connectivity index (χ3v) is 4.26. The van der Waals surface area contributed by atoms with Crippen molar-refractivity contribution in [1.29, 1.82) is 0 Å². The van der Waals surface area contributed by atoms with Crippen LogP contribution in [0.15, 0.2) is 30.3 Å². The molecule has 0 heterocycles. The van der Waals surface area contributed by atoms with E-state index in [9.17, 15) is 9.59 Å². The van der Waals surface area contributed by atoms with Gasteiger partial charge in [-0.1, -0.05) is 63.9 Å². The van der Waals surface area contributed by atoms with Crippen molar-refractivity contribution in [3.8, 4) is 0 Å². The summed E-state index contributed by atoms with van der Waals surface area (Å²) >= 11 is 0. The first-order chi connectivity index (χ1) is 11.8. The second kappa shape index (κ2) is 10.9. The van der Waals surface area contributed by atoms with Gasteiger partial charge in [-0.05, 0) is 31.2 Å². The van der Waals surface area contributed by atoms with E-state index < -0.39 is 12.1 Å². The van der Waals surface area contributed by atoms with Crippen LogP contribution in [-0.2, 0) is 16.0 Å². The fourth-order valence-electron chi connectivity index (χ4n) is 2.67. The molecule has 0 spiro atoms. The Morgan fingerprint density at radius 1 is 1.04 bits per heavy atom. The molecule has 0 bridgehead atoms. The van der Waals surface area contributed by atoms with Gasteiger partial charge < -0.3 is 16.4 Å². The summed E-state index contributed by atoms with van der Waals surface area (Å²) in [7, 11) is 0. The van der Waals surface area contributed by atoms with Gasteiger partial charge in [-0.25, -0.2) is 0 Å². The van der Waals surface area contributed by atoms with Crippen molar-refractivity contribution in [2.45, 2.75) is 71.5 Å². The van der Waals surface area contributed by atoms with E-state index in [1.54, 1.807) is 0 Å². The zero-order chi connectivity index (χ0) is 18.8. The molecule has 5 heteroatoms. The third-order valence-electron chi connectivity index (χ3n) is 4.26. The summed E-state index contributed by atoms with van der Waals surface area (Å²) in [4.78, 5) is 24.9. The Hall–Kier alpha value is -1.88. The second-order valence-corrected chi connectivity index (χ2v) is 7.08. The summed E-state index contributed by atoms with van der Waals surface area (Å²) < 4.78 is 0. The molecule has 1 aromatic carbocycles. The van der Waals surface area contributed by atoms with E-state index in [4.69, 9.17) is 5.73 Å². The van der Waals surface area contributed by atoms with E-state index in [-0.39, 0.29) is 23.8 Å². The van der Waals surface area contributed by atoms with Crippen molar-refractivity contribution in [1.82, 2.24) is 10.6 Å². The van der Waals surface area contributed by atoms with Crippen molar-refractivity contribution >= 4 is 11.8 Å². The minimum Gasteiger partial charge on any atom is -0.352 e. The maximum atomic E-state index is 12.5. The average molecular weight is 348 g/mol. The lowest BCUT2D eigenvalue weighted by atomic mass is 10.0. The van der Waals surface area contributed by atoms with E-state index in [1.165, 1.54) is 0 Å². The van der Waals surface area contributed by atoms with Gasteiger partial charge in [0.05, 0.1) is 6.04 Å². The molecule has 0 saturated carbocycles. The van der Waals surface area contributed by atoms with Gasteiger partial charge >= 0.3 is 0 Å². The highest BCUT2D eigenvalue weighted by Crippen LogP contribution is 2.07. The van der Waals surface area contributed by atoms with E-state index in [2.05, 4.69) is 17.6 Å². The van der Waals surface area contributed by atoms with E-state index >= 15 is 0 Å². The molecule has 3 atom stereocenters. The molecule has 25 heavy (non-hydrogen) atoms. The standard InChI is InChI=1S/C20H33N3O2/c1-5-6-10-15(4)22-20(25)18(14(2)3)23-19(24)17(21)13-16-11-8-7-9-12-16/h7-9,11-12,14-15,17-18H,5-6,10,13,21H2,1-4H3,(H,22,25)(H,23,24)/t15-,17+,18+/m1/s1. The number of carbonyl (C=O) groups is 2. The van der Waals surface area contributed by atoms with Crippen LogP contribution >= 0.6 is 0 Å². The maximum Gasteiger partial charge on any atom is 0.243 e. The first-order valence-electron chi connectivity index (χ1n) is 9.25. The van der Waals surface area contributed by atoms with Crippen LogP contribution < -0.4 is 16.4 Å². The summed E-state index contributed by atoms with van der Waals surface area (Å²) in [6, 6.07) is 8.50. The number of benzene rings is 1. The van der Waals surface area contributed by atoms with Crippen LogP contribution in [0.1, 0.15) is 52.5 Å². The fraction of sp³-hybridized carbons (Fsp3) is 0.600. The highest BCUT2D eigenvalue weighted by Gasteiger charge is 2.27. The SMILES string of the molecule is CCCC[C@@H](C)NC(=O)[C@@H](NC(=O)[C@@H](N)Cc1ccccc1)C(C)C. The lowest BCUT2D eigenvalue weighted by Crippen LogP contribution is -2.55. The molecule has 2 amide bonds. The normalized spacial score (nSPS) is 14.6. The van der Waals surface area contributed by atoms with Gasteiger partial charge in [0, 0.05) is 6.04 Å². The smallest absolute Gasteiger partial charge is 0.243 e. The van der Waals surface area contributed by atoms with Crippen LogP contribution in [0.25, 0.3) is 0 Å². The van der Waals surface area contributed by atoms with Crippen molar-refractivity contribution in [3.05, 3.63) is 35.9 Å². The Kier molecular flexibility index (Phi) is 9.21. The minimum atomic E-state index is -0.672. The number of carbonyl (C=O) groups excluding carboxylic acids is 2. The minimum absolute atomic E-state index is 0.00810. The Morgan fingerprint density at radius 3 is 2.24 bits per heavy atom. The molecule has 0 aliphatic rings. The second-order valence-electron chi connectivity index (χ2n) is 7.08. The van der Waals surface area contributed by atoms with Gasteiger partial charge in [-0.2, -0.15) is 0 Å². The predicted octanol–water partition coefficient (Wildman–Crippen LogP) is 2.39. The molecule has 0 aromatic heterocycles. The number of nitrogens with one attached hydrogen (secondary N) is 2. The average Bonchev–Trinajstić information content (AvgIpc) is 2.57. The zero-order valence-electron chi connectivity index (χ0n) is 15.9. The lowest BCUT2D eigenvalue weighted by Gasteiger charge is -2.25. The Balaban J connectivity index is 2.60. The van der Waals surface area contributed by atoms with Crippen LogP contribution in [0.5, 0.6) is 0 Å². The Labute approximate surface area is 151 Å². The van der Waals surface area contributed by atoms with E-state index in [0.29, 0.717) is 6.42 Å². The summed E-state index contributed by atoms with van der Waals surface area (Å²) in [5, 5.41) is 5.82. The number of unbranched alkanes of at least 4 members (excludes halogenated alkanes) is 1. The maximum absolute atomic E-state index is 12.5. The van der Waals surface area contributed by atoms with Crippen LogP contribution in [0.3, 0.4) is 0 Å². The first-order valence-corrected chi connectivity index (χ1v) is 9.25. The van der Waals surface area contributed by atoms with Gasteiger partial charge in [0.1, 0.15) is 6.04 Å². The van der Waals surface area contributed by atoms with Gasteiger partial charge in [-0.3, -0.25) is 9.59 Å². The van der Waals surface area contributed by atoms with Gasteiger partial charge in [-0.15, -0.1) is 0 Å². The topological polar surface area (TPSA) is 84.2 Å². The molecule has 140 valence electrons. The van der Waals surface area contributed by atoms with Gasteiger partial charge in [0.25, 0.3) is 0 Å². The number of rotatable bonds is 10. The first kappa shape index (κ1) is 21.2. The lowest BCUT2D eigenvalue weighted by molar-refractivity contribution is -0.131.